The Balaban J connectivity index is 1.47. The van der Waals surface area contributed by atoms with Crippen LogP contribution in [0.3, 0.4) is 0 Å². The normalized spacial score (nSPS) is 13.3. The molecule has 0 unspecified atom stereocenters. The van der Waals surface area contributed by atoms with Crippen molar-refractivity contribution < 1.29 is 14.3 Å². The highest BCUT2D eigenvalue weighted by Crippen LogP contribution is 2.22. The largest absolute Gasteiger partial charge is 0.494 e. The summed E-state index contributed by atoms with van der Waals surface area (Å²) in [7, 11) is 0. The number of nitrogens with zero attached hydrogens (tertiary/aromatic N) is 1. The van der Waals surface area contributed by atoms with Gasteiger partial charge >= 0.3 is 0 Å². The average molecular weight is 367 g/mol. The molecule has 1 aliphatic heterocycles. The highest BCUT2D eigenvalue weighted by molar-refractivity contribution is 6.08. The Bertz CT molecular complexity index is 766. The van der Waals surface area contributed by atoms with Crippen molar-refractivity contribution in [1.82, 2.24) is 0 Å². The van der Waals surface area contributed by atoms with Crippen LogP contribution in [0.4, 0.5) is 17.1 Å². The lowest BCUT2D eigenvalue weighted by Crippen LogP contribution is -2.21. The summed E-state index contributed by atoms with van der Waals surface area (Å²) < 4.78 is 5.36. The SMILES string of the molecule is CCOc1ccc(NC(=O)CC(=O)Nc2ccc(N3CCCC3)cc2)cc1. The summed E-state index contributed by atoms with van der Waals surface area (Å²) in [5, 5.41) is 5.48. The molecule has 6 heteroatoms. The Labute approximate surface area is 159 Å². The van der Waals surface area contributed by atoms with Crippen molar-refractivity contribution in [3.8, 4) is 5.75 Å². The number of ether oxygens (including phenoxy) is 1. The molecule has 0 saturated carbocycles. The number of hydrogen-bond donors (Lipinski definition) is 2. The van der Waals surface area contributed by atoms with E-state index < -0.39 is 0 Å². The van der Waals surface area contributed by atoms with Gasteiger partial charge in [-0.1, -0.05) is 0 Å². The van der Waals surface area contributed by atoms with Crippen LogP contribution < -0.4 is 20.3 Å². The number of anilines is 3. The Morgan fingerprint density at radius 1 is 0.889 bits per heavy atom. The molecule has 27 heavy (non-hydrogen) atoms. The van der Waals surface area contributed by atoms with Gasteiger partial charge in [-0.25, -0.2) is 0 Å². The lowest BCUT2D eigenvalue weighted by Gasteiger charge is -2.17. The van der Waals surface area contributed by atoms with Crippen LogP contribution in [0.2, 0.25) is 0 Å². The van der Waals surface area contributed by atoms with Gasteiger partial charge in [0.25, 0.3) is 0 Å². The van der Waals surface area contributed by atoms with Crippen molar-refractivity contribution in [3.05, 3.63) is 48.5 Å². The van der Waals surface area contributed by atoms with E-state index in [2.05, 4.69) is 15.5 Å². The lowest BCUT2D eigenvalue weighted by molar-refractivity contribution is -0.123. The maximum Gasteiger partial charge on any atom is 0.233 e. The van der Waals surface area contributed by atoms with Crippen LogP contribution >= 0.6 is 0 Å². The number of carbonyl (C=O) groups excluding carboxylic acids is 2. The van der Waals surface area contributed by atoms with Gasteiger partial charge < -0.3 is 20.3 Å². The molecule has 0 atom stereocenters. The molecule has 1 fully saturated rings. The van der Waals surface area contributed by atoms with E-state index in [4.69, 9.17) is 4.74 Å². The van der Waals surface area contributed by atoms with E-state index in [1.807, 2.05) is 31.2 Å². The van der Waals surface area contributed by atoms with Crippen LogP contribution in [-0.4, -0.2) is 31.5 Å². The van der Waals surface area contributed by atoms with Crippen LogP contribution in [0.5, 0.6) is 5.75 Å². The van der Waals surface area contributed by atoms with Crippen molar-refractivity contribution in [2.24, 2.45) is 0 Å². The van der Waals surface area contributed by atoms with E-state index in [0.29, 0.717) is 18.0 Å². The zero-order valence-electron chi connectivity index (χ0n) is 15.5. The Morgan fingerprint density at radius 3 is 1.93 bits per heavy atom. The summed E-state index contributed by atoms with van der Waals surface area (Å²) in [6.07, 6.45) is 2.21. The summed E-state index contributed by atoms with van der Waals surface area (Å²) in [5.74, 6) is 0.0447. The highest BCUT2D eigenvalue weighted by Gasteiger charge is 2.13. The summed E-state index contributed by atoms with van der Waals surface area (Å²) in [6, 6.07) is 14.8. The first-order valence-corrected chi connectivity index (χ1v) is 9.31. The third-order valence-electron chi connectivity index (χ3n) is 4.39. The van der Waals surface area contributed by atoms with Crippen LogP contribution in [-0.2, 0) is 9.59 Å². The standard InChI is InChI=1S/C21H25N3O3/c1-2-27-19-11-7-17(8-12-19)23-21(26)15-20(25)22-16-5-9-18(10-6-16)24-13-3-4-14-24/h5-12H,2-4,13-15H2,1H3,(H,22,25)(H,23,26). The van der Waals surface area contributed by atoms with E-state index in [9.17, 15) is 9.59 Å². The molecule has 1 aliphatic rings. The average Bonchev–Trinajstić information content (AvgIpc) is 3.19. The van der Waals surface area contributed by atoms with Crippen molar-refractivity contribution in [2.75, 3.05) is 35.2 Å². The molecule has 2 aromatic rings. The van der Waals surface area contributed by atoms with Crippen LogP contribution in [0.15, 0.2) is 48.5 Å². The predicted octanol–water partition coefficient (Wildman–Crippen LogP) is 3.65. The third-order valence-corrected chi connectivity index (χ3v) is 4.39. The molecule has 2 amide bonds. The molecule has 0 radical (unpaired) electrons. The van der Waals surface area contributed by atoms with E-state index in [1.54, 1.807) is 24.3 Å². The van der Waals surface area contributed by atoms with Gasteiger partial charge in [0.05, 0.1) is 6.61 Å². The minimum absolute atomic E-state index is 0.235. The molecular formula is C21H25N3O3. The minimum Gasteiger partial charge on any atom is -0.494 e. The molecule has 2 aromatic carbocycles. The number of carbonyl (C=O) groups is 2. The van der Waals surface area contributed by atoms with Gasteiger partial charge in [-0.05, 0) is 68.3 Å². The summed E-state index contributed by atoms with van der Waals surface area (Å²) in [6.45, 7) is 4.66. The lowest BCUT2D eigenvalue weighted by atomic mass is 10.2. The molecule has 0 spiro atoms. The van der Waals surface area contributed by atoms with Gasteiger partial charge in [0, 0.05) is 30.2 Å². The van der Waals surface area contributed by atoms with Crippen molar-refractivity contribution in [1.29, 1.82) is 0 Å². The van der Waals surface area contributed by atoms with Gasteiger partial charge in [0.1, 0.15) is 12.2 Å². The van der Waals surface area contributed by atoms with E-state index in [-0.39, 0.29) is 18.2 Å². The number of amides is 2. The maximum absolute atomic E-state index is 12.1. The first-order chi connectivity index (χ1) is 13.1. The zero-order chi connectivity index (χ0) is 19.1. The van der Waals surface area contributed by atoms with Crippen molar-refractivity contribution >= 4 is 28.9 Å². The molecular weight excluding hydrogens is 342 g/mol. The van der Waals surface area contributed by atoms with Crippen molar-refractivity contribution in [2.45, 2.75) is 26.2 Å². The summed E-state index contributed by atoms with van der Waals surface area (Å²) in [4.78, 5) is 26.5. The van der Waals surface area contributed by atoms with Crippen LogP contribution in [0, 0.1) is 0 Å². The van der Waals surface area contributed by atoms with Gasteiger partial charge in [-0.2, -0.15) is 0 Å². The molecule has 2 N–H and O–H groups in total. The molecule has 1 saturated heterocycles. The second-order valence-corrected chi connectivity index (χ2v) is 6.47. The molecule has 142 valence electrons. The van der Waals surface area contributed by atoms with Gasteiger partial charge in [0.2, 0.25) is 11.8 Å². The molecule has 6 nitrogen and oxygen atoms in total. The highest BCUT2D eigenvalue weighted by atomic mass is 16.5. The van der Waals surface area contributed by atoms with Crippen LogP contribution in [0.25, 0.3) is 0 Å². The number of benzene rings is 2. The Hall–Kier alpha value is -3.02. The molecule has 0 aromatic heterocycles. The Morgan fingerprint density at radius 2 is 1.41 bits per heavy atom. The van der Waals surface area contributed by atoms with Gasteiger partial charge in [0.15, 0.2) is 0 Å². The fraction of sp³-hybridized carbons (Fsp3) is 0.333. The molecule has 3 rings (SSSR count). The van der Waals surface area contributed by atoms with Gasteiger partial charge in [-0.3, -0.25) is 9.59 Å². The van der Waals surface area contributed by atoms with E-state index in [1.165, 1.54) is 18.5 Å². The number of hydrogen-bond acceptors (Lipinski definition) is 4. The second-order valence-electron chi connectivity index (χ2n) is 6.47. The first kappa shape index (κ1) is 18.8. The number of nitrogens with one attached hydrogen (secondary N) is 2. The second kappa shape index (κ2) is 9.07. The number of rotatable bonds is 7. The summed E-state index contributed by atoms with van der Waals surface area (Å²) >= 11 is 0. The van der Waals surface area contributed by atoms with Gasteiger partial charge in [-0.15, -0.1) is 0 Å². The Kier molecular flexibility index (Phi) is 6.30. The monoisotopic (exact) mass is 367 g/mol. The van der Waals surface area contributed by atoms with Crippen molar-refractivity contribution in [3.63, 3.8) is 0 Å². The fourth-order valence-corrected chi connectivity index (χ4v) is 3.09. The zero-order valence-corrected chi connectivity index (χ0v) is 15.5. The molecule has 0 aliphatic carbocycles. The first-order valence-electron chi connectivity index (χ1n) is 9.31. The van der Waals surface area contributed by atoms with E-state index >= 15 is 0 Å². The predicted molar refractivity (Wildman–Crippen MR) is 107 cm³/mol. The fourth-order valence-electron chi connectivity index (χ4n) is 3.09. The molecule has 1 heterocycles. The minimum atomic E-state index is -0.356. The maximum atomic E-state index is 12.1. The quantitative estimate of drug-likeness (QED) is 0.733. The third kappa shape index (κ3) is 5.48. The van der Waals surface area contributed by atoms with E-state index in [0.717, 1.165) is 18.8 Å². The summed E-state index contributed by atoms with van der Waals surface area (Å²) in [5.41, 5.74) is 2.49. The van der Waals surface area contributed by atoms with Crippen LogP contribution in [0.1, 0.15) is 26.2 Å². The smallest absolute Gasteiger partial charge is 0.233 e. The topological polar surface area (TPSA) is 70.7 Å². The molecule has 0 bridgehead atoms.